The minimum Gasteiger partial charge on any atom is -0.493 e. The van der Waals surface area contributed by atoms with Gasteiger partial charge in [-0.3, -0.25) is 4.79 Å². The van der Waals surface area contributed by atoms with Gasteiger partial charge in [0.15, 0.2) is 18.1 Å². The molecule has 1 aromatic carbocycles. The van der Waals surface area contributed by atoms with Gasteiger partial charge in [-0.2, -0.15) is 0 Å². The molecule has 5 nitrogen and oxygen atoms in total. The maximum absolute atomic E-state index is 12.1. The zero-order chi connectivity index (χ0) is 23.4. The van der Waals surface area contributed by atoms with E-state index in [1.807, 2.05) is 32.9 Å². The lowest BCUT2D eigenvalue weighted by molar-refractivity contribution is -0.124. The second-order valence-electron chi connectivity index (χ2n) is 12.5. The molecule has 5 rings (SSSR count). The Morgan fingerprint density at radius 2 is 1.78 bits per heavy atom. The number of hydrogen-bond acceptors (Lipinski definition) is 4. The summed E-state index contributed by atoms with van der Waals surface area (Å²) in [6.45, 7) is 11.4. The highest BCUT2D eigenvalue weighted by Crippen LogP contribution is 2.66. The Morgan fingerprint density at radius 3 is 2.34 bits per heavy atom. The van der Waals surface area contributed by atoms with Gasteiger partial charge in [0.25, 0.3) is 5.91 Å². The number of nitrogens with one attached hydrogen (secondary N) is 2. The van der Waals surface area contributed by atoms with E-state index in [9.17, 15) is 4.79 Å². The van der Waals surface area contributed by atoms with Gasteiger partial charge in [0, 0.05) is 17.6 Å². The first-order chi connectivity index (χ1) is 14.8. The van der Waals surface area contributed by atoms with Crippen molar-refractivity contribution in [1.29, 1.82) is 0 Å². The minimum atomic E-state index is -0.310. The highest BCUT2D eigenvalue weighted by atomic mass is 35.5. The average Bonchev–Trinajstić information content (AvgIpc) is 2.60. The molecular formula is C26H39ClN2O3. The fourth-order valence-corrected chi connectivity index (χ4v) is 7.83. The van der Waals surface area contributed by atoms with Gasteiger partial charge in [0.1, 0.15) is 0 Å². The lowest BCUT2D eigenvalue weighted by Crippen LogP contribution is -2.63. The Balaban J connectivity index is 1.44. The van der Waals surface area contributed by atoms with Crippen molar-refractivity contribution in [2.24, 2.45) is 16.7 Å². The van der Waals surface area contributed by atoms with Crippen LogP contribution < -0.4 is 20.1 Å². The molecule has 4 aliphatic carbocycles. The van der Waals surface area contributed by atoms with E-state index in [1.54, 1.807) is 7.11 Å². The molecule has 1 amide bonds. The predicted molar refractivity (Wildman–Crippen MR) is 128 cm³/mol. The normalized spacial score (nSPS) is 33.3. The van der Waals surface area contributed by atoms with Gasteiger partial charge in [-0.15, -0.1) is 0 Å². The number of amides is 1. The van der Waals surface area contributed by atoms with Crippen molar-refractivity contribution in [3.8, 4) is 11.5 Å². The molecule has 32 heavy (non-hydrogen) atoms. The summed E-state index contributed by atoms with van der Waals surface area (Å²) in [6, 6.07) is 3.90. The summed E-state index contributed by atoms with van der Waals surface area (Å²) < 4.78 is 11.3. The first-order valence-corrected chi connectivity index (χ1v) is 12.2. The van der Waals surface area contributed by atoms with Gasteiger partial charge in [0.2, 0.25) is 0 Å². The maximum atomic E-state index is 12.1. The smallest absolute Gasteiger partial charge is 0.258 e. The number of hydrogen-bond donors (Lipinski definition) is 2. The van der Waals surface area contributed by atoms with E-state index in [0.717, 1.165) is 18.0 Å². The third kappa shape index (κ3) is 5.04. The Kier molecular flexibility index (Phi) is 5.99. The zero-order valence-electron chi connectivity index (χ0n) is 20.5. The largest absolute Gasteiger partial charge is 0.493 e. The van der Waals surface area contributed by atoms with Crippen molar-refractivity contribution in [2.75, 3.05) is 13.7 Å². The van der Waals surface area contributed by atoms with Gasteiger partial charge < -0.3 is 20.1 Å². The van der Waals surface area contributed by atoms with Crippen molar-refractivity contribution in [2.45, 2.75) is 90.8 Å². The lowest BCUT2D eigenvalue weighted by atomic mass is 9.43. The van der Waals surface area contributed by atoms with Crippen LogP contribution in [0.15, 0.2) is 12.1 Å². The summed E-state index contributed by atoms with van der Waals surface area (Å²) in [5, 5.41) is 7.30. The molecule has 0 spiro atoms. The SMILES string of the molecule is COc1cc(CNC23CC4C[C@](C)(C2)C[C@](C)(C4)C3)cc(Cl)c1OCC(=O)NC(C)(C)C. The van der Waals surface area contributed by atoms with E-state index >= 15 is 0 Å². The summed E-state index contributed by atoms with van der Waals surface area (Å²) in [5.74, 6) is 1.63. The van der Waals surface area contributed by atoms with Crippen LogP contribution >= 0.6 is 11.6 Å². The van der Waals surface area contributed by atoms with Crippen molar-refractivity contribution >= 4 is 17.5 Å². The molecule has 2 N–H and O–H groups in total. The molecule has 178 valence electrons. The van der Waals surface area contributed by atoms with Crippen molar-refractivity contribution < 1.29 is 14.3 Å². The van der Waals surface area contributed by atoms with E-state index in [-0.39, 0.29) is 23.6 Å². The van der Waals surface area contributed by atoms with Crippen LogP contribution in [0.25, 0.3) is 0 Å². The summed E-state index contributed by atoms with van der Waals surface area (Å²) in [5.41, 5.74) is 1.94. The van der Waals surface area contributed by atoms with Crippen LogP contribution in [-0.2, 0) is 11.3 Å². The van der Waals surface area contributed by atoms with Crippen LogP contribution in [0.2, 0.25) is 5.02 Å². The summed E-state index contributed by atoms with van der Waals surface area (Å²) in [6.07, 6.45) is 7.96. The first-order valence-electron chi connectivity index (χ1n) is 11.9. The van der Waals surface area contributed by atoms with Crippen molar-refractivity contribution in [1.82, 2.24) is 10.6 Å². The molecule has 0 aromatic heterocycles. The number of carbonyl (C=O) groups excluding carboxylic acids is 1. The molecule has 2 atom stereocenters. The van der Waals surface area contributed by atoms with Crippen molar-refractivity contribution in [3.63, 3.8) is 0 Å². The minimum absolute atomic E-state index is 0.105. The number of ether oxygens (including phenoxy) is 2. The van der Waals surface area contributed by atoms with Gasteiger partial charge in [-0.25, -0.2) is 0 Å². The number of halogens is 1. The quantitative estimate of drug-likeness (QED) is 0.563. The Hall–Kier alpha value is -1.46. The number of rotatable bonds is 7. The average molecular weight is 463 g/mol. The van der Waals surface area contributed by atoms with E-state index < -0.39 is 0 Å². The van der Waals surface area contributed by atoms with Crippen LogP contribution in [0.5, 0.6) is 11.5 Å². The Morgan fingerprint density at radius 1 is 1.12 bits per heavy atom. The van der Waals surface area contributed by atoms with E-state index in [4.69, 9.17) is 21.1 Å². The van der Waals surface area contributed by atoms with Gasteiger partial charge in [0.05, 0.1) is 12.1 Å². The fraction of sp³-hybridized carbons (Fsp3) is 0.731. The molecule has 4 fully saturated rings. The van der Waals surface area contributed by atoms with Crippen molar-refractivity contribution in [3.05, 3.63) is 22.7 Å². The highest BCUT2D eigenvalue weighted by Gasteiger charge is 2.59. The Labute approximate surface area is 198 Å². The maximum Gasteiger partial charge on any atom is 0.258 e. The first kappa shape index (κ1) is 23.7. The number of carbonyl (C=O) groups is 1. The molecule has 1 aromatic rings. The molecule has 4 saturated carbocycles. The standard InChI is InChI=1S/C26H39ClN2O3/c1-23(2,3)29-21(30)13-32-22-19(27)7-17(8-20(22)31-6)12-28-26-11-18-9-24(4,15-26)14-25(5,10-18)16-26/h7-8,18,28H,9-16H2,1-6H3,(H,29,30)/t18?,24-,25-,26?/m0/s1. The van der Waals surface area contributed by atoms with Gasteiger partial charge in [-0.05, 0) is 93.7 Å². The van der Waals surface area contributed by atoms with Gasteiger partial charge >= 0.3 is 0 Å². The van der Waals surface area contributed by atoms with Crippen LogP contribution in [0.4, 0.5) is 0 Å². The topological polar surface area (TPSA) is 59.6 Å². The molecule has 0 aliphatic heterocycles. The van der Waals surface area contributed by atoms with Crippen LogP contribution in [0, 0.1) is 16.7 Å². The molecule has 0 unspecified atom stereocenters. The van der Waals surface area contributed by atoms with E-state index in [0.29, 0.717) is 27.4 Å². The monoisotopic (exact) mass is 462 g/mol. The van der Waals surface area contributed by atoms with E-state index in [2.05, 4.69) is 24.5 Å². The molecule has 0 heterocycles. The third-order valence-electron chi connectivity index (χ3n) is 7.45. The number of methoxy groups -OCH3 is 1. The summed E-state index contributed by atoms with van der Waals surface area (Å²) in [7, 11) is 1.60. The number of benzene rings is 1. The summed E-state index contributed by atoms with van der Waals surface area (Å²) >= 11 is 6.56. The van der Waals surface area contributed by atoms with E-state index in [1.165, 1.54) is 38.5 Å². The predicted octanol–water partition coefficient (Wildman–Crippen LogP) is 5.48. The third-order valence-corrected chi connectivity index (χ3v) is 7.73. The van der Waals surface area contributed by atoms with Crippen LogP contribution in [-0.4, -0.2) is 30.7 Å². The Bertz CT molecular complexity index is 876. The molecule has 6 heteroatoms. The van der Waals surface area contributed by atoms with Crippen LogP contribution in [0.3, 0.4) is 0 Å². The van der Waals surface area contributed by atoms with Crippen LogP contribution in [0.1, 0.15) is 78.7 Å². The zero-order valence-corrected chi connectivity index (χ0v) is 21.2. The second-order valence-corrected chi connectivity index (χ2v) is 12.9. The van der Waals surface area contributed by atoms with Gasteiger partial charge in [-0.1, -0.05) is 25.4 Å². The second kappa shape index (κ2) is 8.09. The molecule has 4 aliphatic rings. The molecular weight excluding hydrogens is 424 g/mol. The fourth-order valence-electron chi connectivity index (χ4n) is 7.54. The molecule has 0 saturated heterocycles. The summed E-state index contributed by atoms with van der Waals surface area (Å²) in [4.78, 5) is 12.1. The lowest BCUT2D eigenvalue weighted by Gasteiger charge is -2.65. The molecule has 0 radical (unpaired) electrons. The highest BCUT2D eigenvalue weighted by molar-refractivity contribution is 6.32. The molecule has 4 bridgehead atoms.